The zero-order chi connectivity index (χ0) is 18.7. The summed E-state index contributed by atoms with van der Waals surface area (Å²) in [5.74, 6) is -1.99. The highest BCUT2D eigenvalue weighted by molar-refractivity contribution is 5.91. The first-order valence-corrected chi connectivity index (χ1v) is 8.17. The predicted molar refractivity (Wildman–Crippen MR) is 91.6 cm³/mol. The van der Waals surface area contributed by atoms with Crippen LogP contribution in [0.3, 0.4) is 0 Å². The summed E-state index contributed by atoms with van der Waals surface area (Å²) >= 11 is 0. The Kier molecular flexibility index (Phi) is 5.01. The molecule has 0 saturated heterocycles. The largest absolute Gasteiger partial charge is 0.450 e. The maximum atomic E-state index is 12.0. The van der Waals surface area contributed by atoms with Crippen LogP contribution in [-0.2, 0) is 14.3 Å². The lowest BCUT2D eigenvalue weighted by Crippen LogP contribution is -2.40. The SMILES string of the molecule is CN(CC(=O)NC1CC1)C(=O)COC(=O)c1cc(=O)c2ccccc2o1. The van der Waals surface area contributed by atoms with Gasteiger partial charge in [0.2, 0.25) is 11.7 Å². The number of ether oxygens (including phenoxy) is 1. The summed E-state index contributed by atoms with van der Waals surface area (Å²) < 4.78 is 10.2. The van der Waals surface area contributed by atoms with Crippen molar-refractivity contribution < 1.29 is 23.5 Å². The van der Waals surface area contributed by atoms with E-state index in [4.69, 9.17) is 9.15 Å². The fourth-order valence-electron chi connectivity index (χ4n) is 2.32. The van der Waals surface area contributed by atoms with Crippen LogP contribution in [0.15, 0.2) is 39.5 Å². The molecule has 1 saturated carbocycles. The van der Waals surface area contributed by atoms with E-state index in [0.29, 0.717) is 5.39 Å². The van der Waals surface area contributed by atoms with E-state index in [-0.39, 0.29) is 35.3 Å². The van der Waals surface area contributed by atoms with Gasteiger partial charge in [0.05, 0.1) is 11.9 Å². The number of carbonyl (C=O) groups is 3. The maximum Gasteiger partial charge on any atom is 0.374 e. The lowest BCUT2D eigenvalue weighted by molar-refractivity contribution is -0.137. The third-order valence-electron chi connectivity index (χ3n) is 3.91. The summed E-state index contributed by atoms with van der Waals surface area (Å²) in [6.07, 6.45) is 1.91. The van der Waals surface area contributed by atoms with Gasteiger partial charge in [-0.25, -0.2) is 4.79 Å². The Hall–Kier alpha value is -3.16. The van der Waals surface area contributed by atoms with Crippen LogP contribution >= 0.6 is 0 Å². The Morgan fingerprint density at radius 2 is 2.00 bits per heavy atom. The first kappa shape index (κ1) is 17.7. The number of hydrogen-bond donors (Lipinski definition) is 1. The minimum absolute atomic E-state index is 0.113. The summed E-state index contributed by atoms with van der Waals surface area (Å²) in [7, 11) is 1.44. The summed E-state index contributed by atoms with van der Waals surface area (Å²) in [6.45, 7) is -0.666. The van der Waals surface area contributed by atoms with Gasteiger partial charge in [0, 0.05) is 19.2 Å². The van der Waals surface area contributed by atoms with Gasteiger partial charge >= 0.3 is 5.97 Å². The number of likely N-dealkylation sites (N-methyl/N-ethyl adjacent to an activating group) is 1. The second-order valence-electron chi connectivity index (χ2n) is 6.14. The molecule has 0 unspecified atom stereocenters. The first-order chi connectivity index (χ1) is 12.4. The highest BCUT2D eigenvalue weighted by Gasteiger charge is 2.24. The first-order valence-electron chi connectivity index (χ1n) is 8.17. The molecule has 1 aliphatic rings. The summed E-state index contributed by atoms with van der Waals surface area (Å²) in [4.78, 5) is 48.8. The molecule has 0 spiro atoms. The molecule has 1 aromatic carbocycles. The zero-order valence-corrected chi connectivity index (χ0v) is 14.2. The molecule has 1 aromatic heterocycles. The molecule has 0 aliphatic heterocycles. The van der Waals surface area contributed by atoms with Gasteiger partial charge in [-0.1, -0.05) is 12.1 Å². The highest BCUT2D eigenvalue weighted by atomic mass is 16.5. The second-order valence-corrected chi connectivity index (χ2v) is 6.14. The predicted octanol–water partition coefficient (Wildman–Crippen LogP) is 0.687. The fraction of sp³-hybridized carbons (Fsp3) is 0.333. The Bertz CT molecular complexity index is 915. The number of hydrogen-bond acceptors (Lipinski definition) is 6. The number of rotatable bonds is 6. The van der Waals surface area contributed by atoms with Crippen LogP contribution in [0.4, 0.5) is 0 Å². The van der Waals surface area contributed by atoms with Crippen molar-refractivity contribution in [2.75, 3.05) is 20.2 Å². The van der Waals surface area contributed by atoms with Gasteiger partial charge < -0.3 is 19.4 Å². The van der Waals surface area contributed by atoms with Crippen LogP contribution in [0.2, 0.25) is 0 Å². The van der Waals surface area contributed by atoms with E-state index in [1.807, 2.05) is 0 Å². The quantitative estimate of drug-likeness (QED) is 0.762. The molecule has 1 aliphatic carbocycles. The standard InChI is InChI=1S/C18H18N2O6/c1-20(9-16(22)19-11-6-7-11)17(23)10-25-18(24)15-8-13(21)12-4-2-3-5-14(12)26-15/h2-5,8,11H,6-7,9-10H2,1H3,(H,19,22). The van der Waals surface area contributed by atoms with Crippen molar-refractivity contribution in [1.82, 2.24) is 10.2 Å². The minimum atomic E-state index is -0.919. The Morgan fingerprint density at radius 1 is 1.27 bits per heavy atom. The molecule has 1 fully saturated rings. The Morgan fingerprint density at radius 3 is 2.73 bits per heavy atom. The molecule has 1 N–H and O–H groups in total. The normalized spacial score (nSPS) is 13.3. The van der Waals surface area contributed by atoms with Crippen molar-refractivity contribution in [3.8, 4) is 0 Å². The molecule has 3 rings (SSSR count). The number of fused-ring (bicyclic) bond motifs is 1. The highest BCUT2D eigenvalue weighted by Crippen LogP contribution is 2.18. The van der Waals surface area contributed by atoms with Gasteiger partial charge in [-0.15, -0.1) is 0 Å². The van der Waals surface area contributed by atoms with E-state index < -0.39 is 18.5 Å². The molecule has 1 heterocycles. The van der Waals surface area contributed by atoms with Gasteiger partial charge in [-0.2, -0.15) is 0 Å². The third-order valence-corrected chi connectivity index (χ3v) is 3.91. The molecule has 2 aromatic rings. The van der Waals surface area contributed by atoms with Crippen LogP contribution in [0, 0.1) is 0 Å². The van der Waals surface area contributed by atoms with Crippen molar-refractivity contribution in [3.63, 3.8) is 0 Å². The Balaban J connectivity index is 1.56. The van der Waals surface area contributed by atoms with Gasteiger partial charge in [0.1, 0.15) is 5.58 Å². The van der Waals surface area contributed by atoms with Gasteiger partial charge in [0.15, 0.2) is 12.0 Å². The van der Waals surface area contributed by atoms with Crippen molar-refractivity contribution in [3.05, 3.63) is 46.3 Å². The topological polar surface area (TPSA) is 106 Å². The molecule has 0 radical (unpaired) electrons. The number of amides is 2. The number of benzene rings is 1. The van der Waals surface area contributed by atoms with Gasteiger partial charge in [-0.05, 0) is 25.0 Å². The van der Waals surface area contributed by atoms with Crippen LogP contribution < -0.4 is 10.7 Å². The molecule has 8 heteroatoms. The monoisotopic (exact) mass is 358 g/mol. The number of carbonyl (C=O) groups excluding carboxylic acids is 3. The van der Waals surface area contributed by atoms with E-state index in [0.717, 1.165) is 18.9 Å². The fourth-order valence-corrected chi connectivity index (χ4v) is 2.32. The lowest BCUT2D eigenvalue weighted by atomic mass is 10.2. The van der Waals surface area contributed by atoms with Crippen LogP contribution in [0.5, 0.6) is 0 Å². The molecule has 2 amide bonds. The number of esters is 1. The smallest absolute Gasteiger partial charge is 0.374 e. The zero-order valence-electron chi connectivity index (χ0n) is 14.2. The van der Waals surface area contributed by atoms with Gasteiger partial charge in [-0.3, -0.25) is 14.4 Å². The molecule has 8 nitrogen and oxygen atoms in total. The Labute approximate surface area is 148 Å². The van der Waals surface area contributed by atoms with Crippen LogP contribution in [-0.4, -0.2) is 48.9 Å². The van der Waals surface area contributed by atoms with Crippen molar-refractivity contribution in [1.29, 1.82) is 0 Å². The van der Waals surface area contributed by atoms with Crippen molar-refractivity contribution in [2.24, 2.45) is 0 Å². The molecular formula is C18H18N2O6. The van der Waals surface area contributed by atoms with Gasteiger partial charge in [0.25, 0.3) is 5.91 Å². The van der Waals surface area contributed by atoms with Crippen LogP contribution in [0.25, 0.3) is 11.0 Å². The molecule has 136 valence electrons. The van der Waals surface area contributed by atoms with Crippen molar-refractivity contribution >= 4 is 28.8 Å². The molecule has 26 heavy (non-hydrogen) atoms. The van der Waals surface area contributed by atoms with E-state index in [9.17, 15) is 19.2 Å². The van der Waals surface area contributed by atoms with E-state index in [2.05, 4.69) is 5.32 Å². The second kappa shape index (κ2) is 7.38. The lowest BCUT2D eigenvalue weighted by Gasteiger charge is -2.16. The van der Waals surface area contributed by atoms with Crippen LogP contribution in [0.1, 0.15) is 23.4 Å². The number of para-hydroxylation sites is 1. The molecule has 0 atom stereocenters. The average molecular weight is 358 g/mol. The maximum absolute atomic E-state index is 12.0. The summed E-state index contributed by atoms with van der Waals surface area (Å²) in [6, 6.07) is 7.74. The summed E-state index contributed by atoms with van der Waals surface area (Å²) in [5, 5.41) is 3.11. The number of nitrogens with zero attached hydrogens (tertiary/aromatic N) is 1. The molecular weight excluding hydrogens is 340 g/mol. The molecule has 0 bridgehead atoms. The van der Waals surface area contributed by atoms with E-state index in [1.165, 1.54) is 11.9 Å². The third kappa shape index (κ3) is 4.27. The van der Waals surface area contributed by atoms with E-state index in [1.54, 1.807) is 24.3 Å². The number of nitrogens with one attached hydrogen (secondary N) is 1. The minimum Gasteiger partial charge on any atom is -0.450 e. The summed E-state index contributed by atoms with van der Waals surface area (Å²) in [5.41, 5.74) is -0.119. The van der Waals surface area contributed by atoms with Crippen molar-refractivity contribution in [2.45, 2.75) is 18.9 Å². The van der Waals surface area contributed by atoms with E-state index >= 15 is 0 Å². The average Bonchev–Trinajstić information content (AvgIpc) is 3.43.